The van der Waals surface area contributed by atoms with Gasteiger partial charge in [-0.05, 0) is 6.07 Å². The molecule has 2 N–H and O–H groups in total. The second kappa shape index (κ2) is 3.51. The van der Waals surface area contributed by atoms with Gasteiger partial charge in [0.15, 0.2) is 0 Å². The van der Waals surface area contributed by atoms with Gasteiger partial charge in [-0.1, -0.05) is 11.6 Å². The molecule has 7 heteroatoms. The van der Waals surface area contributed by atoms with Crippen LogP contribution < -0.4 is 0 Å². The Morgan fingerprint density at radius 2 is 2.07 bits per heavy atom. The van der Waals surface area contributed by atoms with Gasteiger partial charge in [0.05, 0.1) is 11.0 Å². The molecular formula is C7H4ClNO5. The van der Waals surface area contributed by atoms with Gasteiger partial charge in [-0.2, -0.15) is 0 Å². The predicted octanol–water partition coefficient (Wildman–Crippen LogP) is 1.65. The van der Waals surface area contributed by atoms with Gasteiger partial charge in [-0.15, -0.1) is 0 Å². The highest BCUT2D eigenvalue weighted by molar-refractivity contribution is 6.33. The van der Waals surface area contributed by atoms with Crippen LogP contribution in [0, 0.1) is 10.1 Å². The fraction of sp³-hybridized carbons (Fsp3) is 0. The SMILES string of the molecule is O=C(O)c1cc(Cl)c([N+](=O)[O-])cc1O. The summed E-state index contributed by atoms with van der Waals surface area (Å²) in [5.74, 6) is -2.09. The second-order valence-corrected chi connectivity index (χ2v) is 2.79. The summed E-state index contributed by atoms with van der Waals surface area (Å²) in [5.41, 5.74) is -1.00. The Balaban J connectivity index is 3.38. The molecule has 0 radical (unpaired) electrons. The van der Waals surface area contributed by atoms with Crippen LogP contribution in [0.4, 0.5) is 5.69 Å². The van der Waals surface area contributed by atoms with Crippen LogP contribution in [-0.4, -0.2) is 21.1 Å². The molecule has 0 saturated carbocycles. The lowest BCUT2D eigenvalue weighted by molar-refractivity contribution is -0.384. The summed E-state index contributed by atoms with van der Waals surface area (Å²) >= 11 is 5.42. The highest BCUT2D eigenvalue weighted by Crippen LogP contribution is 2.31. The lowest BCUT2D eigenvalue weighted by Gasteiger charge is -2.00. The molecule has 0 aliphatic rings. The van der Waals surface area contributed by atoms with Crippen LogP contribution in [0.5, 0.6) is 5.75 Å². The van der Waals surface area contributed by atoms with Gasteiger partial charge in [0.2, 0.25) is 0 Å². The van der Waals surface area contributed by atoms with Crippen molar-refractivity contribution in [3.8, 4) is 5.75 Å². The summed E-state index contributed by atoms with van der Waals surface area (Å²) in [6.45, 7) is 0. The zero-order chi connectivity index (χ0) is 10.9. The number of hydrogen-bond acceptors (Lipinski definition) is 4. The number of carboxylic acids is 1. The Bertz CT molecular complexity index is 377. The maximum absolute atomic E-state index is 10.5. The number of rotatable bonds is 2. The zero-order valence-corrected chi connectivity index (χ0v) is 7.35. The molecule has 0 heterocycles. The molecule has 14 heavy (non-hydrogen) atoms. The number of phenols is 1. The van der Waals surface area contributed by atoms with Crippen molar-refractivity contribution in [2.24, 2.45) is 0 Å². The van der Waals surface area contributed by atoms with Gasteiger partial charge >= 0.3 is 5.97 Å². The van der Waals surface area contributed by atoms with Gasteiger partial charge < -0.3 is 10.2 Å². The zero-order valence-electron chi connectivity index (χ0n) is 6.60. The first-order chi connectivity index (χ1) is 6.43. The molecule has 0 amide bonds. The molecule has 1 aromatic carbocycles. The van der Waals surface area contributed by atoms with Crippen molar-refractivity contribution >= 4 is 23.3 Å². The van der Waals surface area contributed by atoms with E-state index in [4.69, 9.17) is 21.8 Å². The average Bonchev–Trinajstić information content (AvgIpc) is 2.07. The van der Waals surface area contributed by atoms with Gasteiger partial charge in [0.1, 0.15) is 16.3 Å². The van der Waals surface area contributed by atoms with E-state index in [-0.39, 0.29) is 5.02 Å². The summed E-state index contributed by atoms with van der Waals surface area (Å²) in [5, 5.41) is 27.6. The fourth-order valence-electron chi connectivity index (χ4n) is 0.862. The van der Waals surface area contributed by atoms with E-state index in [2.05, 4.69) is 0 Å². The monoisotopic (exact) mass is 217 g/mol. The summed E-state index contributed by atoms with van der Waals surface area (Å²) in [6, 6.07) is 1.53. The Labute approximate surface area is 82.5 Å². The molecule has 6 nitrogen and oxygen atoms in total. The molecule has 1 aromatic rings. The van der Waals surface area contributed by atoms with Crippen LogP contribution in [0.25, 0.3) is 0 Å². The molecule has 1 rings (SSSR count). The van der Waals surface area contributed by atoms with Crippen LogP contribution in [0.15, 0.2) is 12.1 Å². The summed E-state index contributed by atoms with van der Waals surface area (Å²) < 4.78 is 0. The van der Waals surface area contributed by atoms with E-state index in [1.807, 2.05) is 0 Å². The van der Waals surface area contributed by atoms with E-state index in [0.717, 1.165) is 6.07 Å². The Hall–Kier alpha value is -1.82. The van der Waals surface area contributed by atoms with E-state index in [9.17, 15) is 14.9 Å². The molecule has 0 unspecified atom stereocenters. The summed E-state index contributed by atoms with van der Waals surface area (Å²) in [7, 11) is 0. The number of nitro groups is 1. The molecule has 0 aromatic heterocycles. The topological polar surface area (TPSA) is 101 Å². The minimum absolute atomic E-state index is 0.329. The van der Waals surface area contributed by atoms with Crippen LogP contribution in [0.2, 0.25) is 5.02 Å². The molecule has 0 aliphatic heterocycles. The number of benzene rings is 1. The number of nitro benzene ring substituents is 1. The lowest BCUT2D eigenvalue weighted by Crippen LogP contribution is -1.98. The third-order valence-electron chi connectivity index (χ3n) is 1.49. The number of carbonyl (C=O) groups is 1. The molecule has 0 spiro atoms. The minimum atomic E-state index is -1.40. The van der Waals surface area contributed by atoms with E-state index in [0.29, 0.717) is 6.07 Å². The molecule has 0 bridgehead atoms. The minimum Gasteiger partial charge on any atom is -0.507 e. The van der Waals surface area contributed by atoms with Crippen molar-refractivity contribution < 1.29 is 19.9 Å². The molecular weight excluding hydrogens is 214 g/mol. The molecule has 0 saturated heterocycles. The van der Waals surface area contributed by atoms with Crippen LogP contribution in [0.1, 0.15) is 10.4 Å². The van der Waals surface area contributed by atoms with Crippen LogP contribution >= 0.6 is 11.6 Å². The number of aromatic hydroxyl groups is 1. The first-order valence-corrected chi connectivity index (χ1v) is 3.71. The first-order valence-electron chi connectivity index (χ1n) is 3.33. The van der Waals surface area contributed by atoms with Crippen molar-refractivity contribution in [2.75, 3.05) is 0 Å². The van der Waals surface area contributed by atoms with E-state index < -0.39 is 27.9 Å². The number of halogens is 1. The van der Waals surface area contributed by atoms with Crippen molar-refractivity contribution in [1.29, 1.82) is 0 Å². The number of carboxylic acid groups (broad SMARTS) is 1. The number of aromatic carboxylic acids is 1. The Morgan fingerprint density at radius 3 is 2.50 bits per heavy atom. The maximum Gasteiger partial charge on any atom is 0.339 e. The van der Waals surface area contributed by atoms with E-state index in [1.165, 1.54) is 0 Å². The maximum atomic E-state index is 10.5. The van der Waals surface area contributed by atoms with E-state index in [1.54, 1.807) is 0 Å². The fourth-order valence-corrected chi connectivity index (χ4v) is 1.09. The van der Waals surface area contributed by atoms with Gasteiger partial charge in [0.25, 0.3) is 5.69 Å². The van der Waals surface area contributed by atoms with Gasteiger partial charge in [-0.3, -0.25) is 10.1 Å². The average molecular weight is 218 g/mol. The van der Waals surface area contributed by atoms with Gasteiger partial charge in [0, 0.05) is 0 Å². The molecule has 0 fully saturated rings. The lowest BCUT2D eigenvalue weighted by atomic mass is 10.2. The van der Waals surface area contributed by atoms with Crippen molar-refractivity contribution in [3.63, 3.8) is 0 Å². The van der Waals surface area contributed by atoms with Crippen LogP contribution in [-0.2, 0) is 0 Å². The molecule has 0 atom stereocenters. The highest BCUT2D eigenvalue weighted by atomic mass is 35.5. The Morgan fingerprint density at radius 1 is 1.50 bits per heavy atom. The second-order valence-electron chi connectivity index (χ2n) is 2.38. The van der Waals surface area contributed by atoms with Gasteiger partial charge in [-0.25, -0.2) is 4.79 Å². The predicted molar refractivity (Wildman–Crippen MR) is 46.7 cm³/mol. The number of nitrogens with zero attached hydrogens (tertiary/aromatic N) is 1. The summed E-state index contributed by atoms with van der Waals surface area (Å²) in [6.07, 6.45) is 0. The largest absolute Gasteiger partial charge is 0.507 e. The quantitative estimate of drug-likeness (QED) is 0.579. The van der Waals surface area contributed by atoms with Crippen molar-refractivity contribution in [2.45, 2.75) is 0 Å². The van der Waals surface area contributed by atoms with Crippen LogP contribution in [0.3, 0.4) is 0 Å². The first kappa shape index (κ1) is 10.3. The number of hydrogen-bond donors (Lipinski definition) is 2. The third kappa shape index (κ3) is 1.74. The van der Waals surface area contributed by atoms with E-state index >= 15 is 0 Å². The molecule has 74 valence electrons. The van der Waals surface area contributed by atoms with Crippen molar-refractivity contribution in [3.05, 3.63) is 32.8 Å². The molecule has 0 aliphatic carbocycles. The summed E-state index contributed by atoms with van der Waals surface area (Å²) in [4.78, 5) is 20.0. The standard InChI is InChI=1S/C7H4ClNO5/c8-4-1-3(7(11)12)6(10)2-5(4)9(13)14/h1-2,10H,(H,11,12). The third-order valence-corrected chi connectivity index (χ3v) is 1.79. The van der Waals surface area contributed by atoms with Crippen molar-refractivity contribution in [1.82, 2.24) is 0 Å². The normalized spacial score (nSPS) is 9.79. The Kier molecular flexibility index (Phi) is 2.57. The highest BCUT2D eigenvalue weighted by Gasteiger charge is 2.19. The smallest absolute Gasteiger partial charge is 0.339 e.